The molecule has 0 aliphatic carbocycles. The van der Waals surface area contributed by atoms with Gasteiger partial charge in [0.15, 0.2) is 0 Å². The van der Waals surface area contributed by atoms with Crippen LogP contribution in [-0.4, -0.2) is 23.1 Å². The van der Waals surface area contributed by atoms with Gasteiger partial charge in [-0.15, -0.1) is 11.3 Å². The highest BCUT2D eigenvalue weighted by Crippen LogP contribution is 2.24. The number of carboxylic acid groups (broad SMARTS) is 1. The molecule has 0 aliphatic rings. The number of hydrogen-bond acceptors (Lipinski definition) is 4. The van der Waals surface area contributed by atoms with Gasteiger partial charge in [-0.1, -0.05) is 11.6 Å². The van der Waals surface area contributed by atoms with Gasteiger partial charge in [-0.25, -0.2) is 9.78 Å². The van der Waals surface area contributed by atoms with Crippen LogP contribution in [0.15, 0.2) is 29.1 Å². The number of hydrogen-bond donors (Lipinski definition) is 1. The Morgan fingerprint density at radius 2 is 2.33 bits per heavy atom. The quantitative estimate of drug-likeness (QED) is 0.936. The third-order valence-corrected chi connectivity index (χ3v) is 3.45. The summed E-state index contributed by atoms with van der Waals surface area (Å²) in [5.74, 6) is -1.02. The minimum atomic E-state index is -1.02. The van der Waals surface area contributed by atoms with Crippen LogP contribution in [0, 0.1) is 0 Å². The summed E-state index contributed by atoms with van der Waals surface area (Å²) in [6.07, 6.45) is 0. The van der Waals surface area contributed by atoms with Gasteiger partial charge in [-0.2, -0.15) is 0 Å². The zero-order valence-electron chi connectivity index (χ0n) is 9.63. The molecule has 2 rings (SSSR count). The Kier molecular flexibility index (Phi) is 3.84. The molecule has 0 aliphatic heterocycles. The SMILES string of the molecule is CN(Cc1cscn1)c1ccc(C(=O)O)c(Cl)c1. The second-order valence-electron chi connectivity index (χ2n) is 3.81. The lowest BCUT2D eigenvalue weighted by Crippen LogP contribution is -2.16. The van der Waals surface area contributed by atoms with Crippen molar-refractivity contribution in [3.63, 3.8) is 0 Å². The number of carbonyl (C=O) groups is 1. The second-order valence-corrected chi connectivity index (χ2v) is 4.93. The maximum Gasteiger partial charge on any atom is 0.337 e. The van der Waals surface area contributed by atoms with Gasteiger partial charge in [-0.05, 0) is 18.2 Å². The first-order valence-corrected chi connectivity index (χ1v) is 6.51. The van der Waals surface area contributed by atoms with Crippen LogP contribution in [0.3, 0.4) is 0 Å². The van der Waals surface area contributed by atoms with Crippen LogP contribution in [0.1, 0.15) is 16.1 Å². The normalized spacial score (nSPS) is 10.3. The van der Waals surface area contributed by atoms with Crippen molar-refractivity contribution < 1.29 is 9.90 Å². The van der Waals surface area contributed by atoms with Crippen molar-refractivity contribution in [3.05, 3.63) is 45.4 Å². The van der Waals surface area contributed by atoms with Crippen molar-refractivity contribution in [2.24, 2.45) is 0 Å². The number of aromatic carboxylic acids is 1. The number of aromatic nitrogens is 1. The fraction of sp³-hybridized carbons (Fsp3) is 0.167. The van der Waals surface area contributed by atoms with Gasteiger partial charge in [0.05, 0.1) is 28.3 Å². The van der Waals surface area contributed by atoms with Gasteiger partial charge in [-0.3, -0.25) is 0 Å². The highest BCUT2D eigenvalue weighted by molar-refractivity contribution is 7.07. The summed E-state index contributed by atoms with van der Waals surface area (Å²) in [5, 5.41) is 11.1. The van der Waals surface area contributed by atoms with Crippen molar-refractivity contribution in [1.29, 1.82) is 0 Å². The molecule has 1 heterocycles. The van der Waals surface area contributed by atoms with Gasteiger partial charge >= 0.3 is 5.97 Å². The molecule has 0 saturated heterocycles. The summed E-state index contributed by atoms with van der Waals surface area (Å²) in [5.41, 5.74) is 3.73. The highest BCUT2D eigenvalue weighted by Gasteiger charge is 2.11. The number of halogens is 1. The monoisotopic (exact) mass is 282 g/mol. The van der Waals surface area contributed by atoms with E-state index in [1.165, 1.54) is 6.07 Å². The zero-order chi connectivity index (χ0) is 13.1. The molecule has 0 amide bonds. The lowest BCUT2D eigenvalue weighted by molar-refractivity contribution is 0.0697. The van der Waals surface area contributed by atoms with Crippen molar-refractivity contribution in [3.8, 4) is 0 Å². The van der Waals surface area contributed by atoms with Crippen molar-refractivity contribution in [1.82, 2.24) is 4.98 Å². The minimum Gasteiger partial charge on any atom is -0.478 e. The number of benzene rings is 1. The average Bonchev–Trinajstić information content (AvgIpc) is 2.81. The maximum atomic E-state index is 10.9. The Bertz CT molecular complexity index is 557. The Morgan fingerprint density at radius 3 is 2.89 bits per heavy atom. The number of rotatable bonds is 4. The molecule has 18 heavy (non-hydrogen) atoms. The number of carboxylic acids is 1. The predicted molar refractivity (Wildman–Crippen MR) is 72.6 cm³/mol. The molecule has 0 fully saturated rings. The van der Waals surface area contributed by atoms with Crippen LogP contribution in [-0.2, 0) is 6.54 Å². The molecule has 2 aromatic rings. The molecule has 1 N–H and O–H groups in total. The van der Waals surface area contributed by atoms with Gasteiger partial charge in [0.2, 0.25) is 0 Å². The van der Waals surface area contributed by atoms with Gasteiger partial charge < -0.3 is 10.0 Å². The Balaban J connectivity index is 2.18. The van der Waals surface area contributed by atoms with Crippen LogP contribution in [0.4, 0.5) is 5.69 Å². The maximum absolute atomic E-state index is 10.9. The molecule has 0 saturated carbocycles. The Morgan fingerprint density at radius 1 is 1.56 bits per heavy atom. The summed E-state index contributed by atoms with van der Waals surface area (Å²) in [6, 6.07) is 4.90. The van der Waals surface area contributed by atoms with Crippen LogP contribution < -0.4 is 4.90 Å². The fourth-order valence-corrected chi connectivity index (χ4v) is 2.37. The molecular weight excluding hydrogens is 272 g/mol. The van der Waals surface area contributed by atoms with E-state index in [4.69, 9.17) is 16.7 Å². The number of nitrogens with zero attached hydrogens (tertiary/aromatic N) is 2. The topological polar surface area (TPSA) is 53.4 Å². The van der Waals surface area contributed by atoms with Crippen LogP contribution in [0.2, 0.25) is 5.02 Å². The molecule has 0 radical (unpaired) electrons. The molecule has 0 spiro atoms. The van der Waals surface area contributed by atoms with Gasteiger partial charge in [0.25, 0.3) is 0 Å². The first kappa shape index (κ1) is 12.9. The van der Waals surface area contributed by atoms with E-state index >= 15 is 0 Å². The van der Waals surface area contributed by atoms with E-state index in [1.807, 2.05) is 17.3 Å². The minimum absolute atomic E-state index is 0.113. The molecule has 4 nitrogen and oxygen atoms in total. The second kappa shape index (κ2) is 5.37. The molecule has 6 heteroatoms. The number of thiazole rings is 1. The first-order valence-electron chi connectivity index (χ1n) is 5.19. The molecule has 1 aromatic heterocycles. The van der Waals surface area contributed by atoms with E-state index in [2.05, 4.69) is 4.98 Å². The Hall–Kier alpha value is -1.59. The molecule has 1 aromatic carbocycles. The van der Waals surface area contributed by atoms with Crippen molar-refractivity contribution >= 4 is 34.6 Å². The molecular formula is C12H11ClN2O2S. The van der Waals surface area contributed by atoms with E-state index < -0.39 is 5.97 Å². The molecule has 0 bridgehead atoms. The average molecular weight is 283 g/mol. The summed E-state index contributed by atoms with van der Waals surface area (Å²) < 4.78 is 0. The first-order chi connectivity index (χ1) is 8.58. The van der Waals surface area contributed by atoms with Crippen LogP contribution in [0.25, 0.3) is 0 Å². The van der Waals surface area contributed by atoms with Crippen molar-refractivity contribution in [2.45, 2.75) is 6.54 Å². The number of anilines is 1. The largest absolute Gasteiger partial charge is 0.478 e. The summed E-state index contributed by atoms with van der Waals surface area (Å²) >= 11 is 7.47. The van der Waals surface area contributed by atoms with E-state index in [-0.39, 0.29) is 10.6 Å². The van der Waals surface area contributed by atoms with E-state index in [9.17, 15) is 4.79 Å². The predicted octanol–water partition coefficient (Wildman–Crippen LogP) is 3.13. The highest BCUT2D eigenvalue weighted by atomic mass is 35.5. The third-order valence-electron chi connectivity index (χ3n) is 2.51. The standard InChI is InChI=1S/C12H11ClN2O2S/c1-15(5-8-6-18-7-14-8)9-2-3-10(12(16)17)11(13)4-9/h2-4,6-7H,5H2,1H3,(H,16,17). The third kappa shape index (κ3) is 2.80. The van der Waals surface area contributed by atoms with Crippen LogP contribution in [0.5, 0.6) is 0 Å². The lowest BCUT2D eigenvalue weighted by Gasteiger charge is -2.18. The smallest absolute Gasteiger partial charge is 0.337 e. The summed E-state index contributed by atoms with van der Waals surface area (Å²) in [4.78, 5) is 17.0. The molecule has 94 valence electrons. The zero-order valence-corrected chi connectivity index (χ0v) is 11.2. The van der Waals surface area contributed by atoms with E-state index in [0.29, 0.717) is 6.54 Å². The Labute approximate surface area is 113 Å². The van der Waals surface area contributed by atoms with E-state index in [0.717, 1.165) is 11.4 Å². The van der Waals surface area contributed by atoms with Gasteiger partial charge in [0.1, 0.15) is 0 Å². The summed E-state index contributed by atoms with van der Waals surface area (Å²) in [7, 11) is 1.91. The van der Waals surface area contributed by atoms with Crippen molar-refractivity contribution in [2.75, 3.05) is 11.9 Å². The van der Waals surface area contributed by atoms with Gasteiger partial charge in [0, 0.05) is 18.1 Å². The van der Waals surface area contributed by atoms with E-state index in [1.54, 1.807) is 29.0 Å². The molecule has 0 atom stereocenters. The van der Waals surface area contributed by atoms with Crippen LogP contribution >= 0.6 is 22.9 Å². The summed E-state index contributed by atoms with van der Waals surface area (Å²) in [6.45, 7) is 0.659. The fourth-order valence-electron chi connectivity index (χ4n) is 1.56. The molecule has 0 unspecified atom stereocenters. The lowest BCUT2D eigenvalue weighted by atomic mass is 10.2.